The lowest BCUT2D eigenvalue weighted by atomic mass is 9.33. The Morgan fingerprint density at radius 3 is 1.22 bits per heavy atom. The van der Waals surface area contributed by atoms with Gasteiger partial charge in [-0.25, -0.2) is 0 Å². The van der Waals surface area contributed by atoms with E-state index in [2.05, 4.69) is 262 Å². The van der Waals surface area contributed by atoms with E-state index < -0.39 is 0 Å². The Morgan fingerprint density at radius 1 is 0.351 bits per heavy atom. The molecule has 0 fully saturated rings. The van der Waals surface area contributed by atoms with Gasteiger partial charge in [0.1, 0.15) is 11.2 Å². The Bertz CT molecular complexity index is 4220. The average molecular weight is 1030 g/mol. The fourth-order valence-electron chi connectivity index (χ4n) is 12.3. The molecule has 0 amide bonds. The minimum absolute atomic E-state index is 0.112. The lowest BCUT2D eigenvalue weighted by molar-refractivity contribution is 0.589. The molecule has 0 spiro atoms. The molecule has 0 saturated carbocycles. The van der Waals surface area contributed by atoms with Gasteiger partial charge in [0.25, 0.3) is 6.71 Å². The molecule has 7 heteroatoms. The maximum atomic E-state index is 7.52. The van der Waals surface area contributed by atoms with E-state index in [4.69, 9.17) is 8.83 Å². The maximum Gasteiger partial charge on any atom is 0.262 e. The first kappa shape index (κ1) is 46.0. The van der Waals surface area contributed by atoms with Crippen LogP contribution < -0.4 is 26.2 Å². The van der Waals surface area contributed by atoms with Crippen molar-refractivity contribution < 1.29 is 8.83 Å². The second-order valence-corrected chi connectivity index (χ2v) is 24.7. The van der Waals surface area contributed by atoms with Crippen LogP contribution in [0.5, 0.6) is 0 Å². The minimum atomic E-state index is -0.264. The van der Waals surface area contributed by atoms with Gasteiger partial charge in [-0.15, -0.1) is 22.7 Å². The molecule has 0 unspecified atom stereocenters. The number of hydrogen-bond donors (Lipinski definition) is 0. The Morgan fingerprint density at radius 2 is 0.779 bits per heavy atom. The molecule has 0 aliphatic carbocycles. The first-order valence-electron chi connectivity index (χ1n) is 26.7. The standard InChI is InChI=1S/C70H53BN2O2S2/c1-69(2,3)46-30-34-60-52(38-46)64-67(74-60)72(58-36-44(28-32-48(58)42-18-9-7-10-19-42)54-40-76-62-26-15-13-22-50(54)62)56-24-17-25-57-66(56)71(64)65-53-39-47(70(4,5)6)31-35-61(53)75-68(65)73(57)59-37-45(29-33-49(59)43-20-11-8-12-21-43)55-41-77-63-27-16-14-23-51(55)63/h7-41H,1-6H3. The van der Waals surface area contributed by atoms with Crippen LogP contribution >= 0.6 is 22.7 Å². The largest absolute Gasteiger partial charge is 0.440 e. The summed E-state index contributed by atoms with van der Waals surface area (Å²) in [6.45, 7) is 13.6. The number of hydrogen-bond acceptors (Lipinski definition) is 6. The second kappa shape index (κ2) is 17.1. The van der Waals surface area contributed by atoms with Crippen LogP contribution in [0.25, 0.3) is 86.6 Å². The van der Waals surface area contributed by atoms with Crippen LogP contribution in [-0.4, -0.2) is 6.71 Å². The van der Waals surface area contributed by atoms with Crippen molar-refractivity contribution in [3.8, 4) is 44.5 Å². The van der Waals surface area contributed by atoms with Crippen molar-refractivity contribution in [2.24, 2.45) is 0 Å². The number of benzene rings is 9. The number of furan rings is 2. The van der Waals surface area contributed by atoms with Gasteiger partial charge in [0.15, 0.2) is 0 Å². The van der Waals surface area contributed by atoms with E-state index in [1.165, 1.54) is 47.9 Å². The molecule has 2 aliphatic heterocycles. The van der Waals surface area contributed by atoms with Crippen LogP contribution in [0.1, 0.15) is 52.7 Å². The third kappa shape index (κ3) is 7.17. The van der Waals surface area contributed by atoms with Gasteiger partial charge in [0.05, 0.1) is 11.4 Å². The van der Waals surface area contributed by atoms with Gasteiger partial charge in [0.2, 0.25) is 11.8 Å². The van der Waals surface area contributed by atoms with Crippen molar-refractivity contribution in [1.82, 2.24) is 0 Å². The van der Waals surface area contributed by atoms with Crippen molar-refractivity contribution >= 4 is 122 Å². The normalized spacial score (nSPS) is 13.2. The lowest BCUT2D eigenvalue weighted by Crippen LogP contribution is -2.60. The first-order chi connectivity index (χ1) is 37.5. The lowest BCUT2D eigenvalue weighted by Gasteiger charge is -2.41. The first-order valence-corrected chi connectivity index (χ1v) is 28.4. The summed E-state index contributed by atoms with van der Waals surface area (Å²) in [6, 6.07) is 73.9. The second-order valence-electron chi connectivity index (χ2n) is 22.9. The van der Waals surface area contributed by atoms with Gasteiger partial charge in [-0.2, -0.15) is 0 Å². The third-order valence-electron chi connectivity index (χ3n) is 16.2. The molecule has 370 valence electrons. The Labute approximate surface area is 457 Å². The van der Waals surface area contributed by atoms with Crippen LogP contribution in [0.15, 0.2) is 220 Å². The van der Waals surface area contributed by atoms with E-state index in [1.807, 2.05) is 0 Å². The molecular weight excluding hydrogens is 976 g/mol. The molecule has 0 bridgehead atoms. The molecule has 6 heterocycles. The molecule has 77 heavy (non-hydrogen) atoms. The third-order valence-corrected chi connectivity index (χ3v) is 18.1. The molecule has 9 aromatic carbocycles. The van der Waals surface area contributed by atoms with Crippen LogP contribution in [0.4, 0.5) is 34.5 Å². The minimum Gasteiger partial charge on any atom is -0.440 e. The highest BCUT2D eigenvalue weighted by Gasteiger charge is 2.49. The Balaban J connectivity index is 1.08. The van der Waals surface area contributed by atoms with Crippen molar-refractivity contribution in [3.63, 3.8) is 0 Å². The summed E-state index contributed by atoms with van der Waals surface area (Å²) in [4.78, 5) is 4.92. The van der Waals surface area contributed by atoms with Crippen LogP contribution in [0.3, 0.4) is 0 Å². The van der Waals surface area contributed by atoms with Crippen molar-refractivity contribution in [1.29, 1.82) is 0 Å². The number of anilines is 6. The van der Waals surface area contributed by atoms with Gasteiger partial charge in [-0.05, 0) is 121 Å². The van der Waals surface area contributed by atoms with Gasteiger partial charge in [-0.1, -0.05) is 181 Å². The van der Waals surface area contributed by atoms with E-state index >= 15 is 0 Å². The fourth-order valence-corrected chi connectivity index (χ4v) is 14.2. The predicted molar refractivity (Wildman–Crippen MR) is 330 cm³/mol. The summed E-state index contributed by atoms with van der Waals surface area (Å²) in [6.07, 6.45) is 0. The summed E-state index contributed by atoms with van der Waals surface area (Å²) in [5.74, 6) is 1.64. The summed E-state index contributed by atoms with van der Waals surface area (Å²) in [7, 11) is 0. The van der Waals surface area contributed by atoms with E-state index in [1.54, 1.807) is 22.7 Å². The topological polar surface area (TPSA) is 32.8 Å². The highest BCUT2D eigenvalue weighted by Crippen LogP contribution is 2.52. The smallest absolute Gasteiger partial charge is 0.262 e. The summed E-state index contributed by atoms with van der Waals surface area (Å²) >= 11 is 3.59. The fraction of sp³-hybridized carbons (Fsp3) is 0.114. The molecule has 4 nitrogen and oxygen atoms in total. The van der Waals surface area contributed by atoms with E-state index in [0.717, 1.165) is 101 Å². The van der Waals surface area contributed by atoms with Gasteiger partial charge < -0.3 is 8.83 Å². The molecular formula is C70H53BN2O2S2. The Kier molecular flexibility index (Phi) is 10.2. The number of rotatable bonds is 6. The van der Waals surface area contributed by atoms with Crippen molar-refractivity contribution in [2.75, 3.05) is 9.80 Å². The van der Waals surface area contributed by atoms with Crippen molar-refractivity contribution in [3.05, 3.63) is 222 Å². The maximum absolute atomic E-state index is 7.52. The van der Waals surface area contributed by atoms with Crippen molar-refractivity contribution in [2.45, 2.75) is 52.4 Å². The van der Waals surface area contributed by atoms with Crippen LogP contribution in [0.2, 0.25) is 0 Å². The van der Waals surface area contributed by atoms with Gasteiger partial charge in [0, 0.05) is 75.5 Å². The van der Waals surface area contributed by atoms with E-state index in [9.17, 15) is 0 Å². The van der Waals surface area contributed by atoms with Gasteiger partial charge >= 0.3 is 0 Å². The molecule has 0 atom stereocenters. The summed E-state index contributed by atoms with van der Waals surface area (Å²) < 4.78 is 17.6. The van der Waals surface area contributed by atoms with E-state index in [0.29, 0.717) is 0 Å². The number of nitrogens with zero attached hydrogens (tertiary/aromatic N) is 2. The van der Waals surface area contributed by atoms with Gasteiger partial charge in [-0.3, -0.25) is 9.80 Å². The zero-order chi connectivity index (χ0) is 51.9. The average Bonchev–Trinajstić information content (AvgIpc) is 4.27. The zero-order valence-corrected chi connectivity index (χ0v) is 45.4. The quantitative estimate of drug-likeness (QED) is 0.155. The number of thiophene rings is 2. The monoisotopic (exact) mass is 1030 g/mol. The Hall–Kier alpha value is -8.36. The molecule has 0 N–H and O–H groups in total. The highest BCUT2D eigenvalue weighted by molar-refractivity contribution is 7.18. The molecule has 4 aromatic heterocycles. The summed E-state index contributed by atoms with van der Waals surface area (Å²) in [5.41, 5.74) is 21.0. The molecule has 15 rings (SSSR count). The molecule has 2 aliphatic rings. The SMILES string of the molecule is CC(C)(C)c1ccc2oc3c(c2c1)B1c2c(cccc2N(c2cc(-c4csc5ccccc45)ccc2-c2ccccc2)c2oc4ccc(C(C)(C)C)cc4c21)N3c1cc(-c2csc3ccccc23)ccc1-c1ccccc1. The van der Waals surface area contributed by atoms with Crippen LogP contribution in [-0.2, 0) is 10.8 Å². The van der Waals surface area contributed by atoms with Crippen LogP contribution in [0, 0.1) is 0 Å². The number of fused-ring (bicyclic) bond motifs is 10. The summed E-state index contributed by atoms with van der Waals surface area (Å²) in [5, 5.41) is 9.36. The zero-order valence-electron chi connectivity index (χ0n) is 43.8. The molecule has 0 radical (unpaired) electrons. The predicted octanol–water partition coefficient (Wildman–Crippen LogP) is 19.0. The molecule has 13 aromatic rings. The van der Waals surface area contributed by atoms with E-state index in [-0.39, 0.29) is 17.5 Å². The highest BCUT2D eigenvalue weighted by atomic mass is 32.1. The molecule has 0 saturated heterocycles.